The number of carbonyl (C=O) groups excluding carboxylic acids is 1. The Morgan fingerprint density at radius 1 is 1.22 bits per heavy atom. The standard InChI is InChI=1S/C19H29BrN4O2S/c1-27(2,3)11-10-26-14-24-17-12-16(21-13-15(17)18(20)22-24)19(25)23-8-6-4-5-7-9-23/h12-13H,4-11,14H2,1-3H3. The number of rotatable bonds is 6. The molecular formula is C19H29BrN4O2S. The summed E-state index contributed by atoms with van der Waals surface area (Å²) in [6.07, 6.45) is 13.1. The smallest absolute Gasteiger partial charge is 0.272 e. The van der Waals surface area contributed by atoms with E-state index in [4.69, 9.17) is 4.74 Å². The summed E-state index contributed by atoms with van der Waals surface area (Å²) in [6, 6.07) is 1.85. The monoisotopic (exact) mass is 456 g/mol. The molecule has 8 heteroatoms. The summed E-state index contributed by atoms with van der Waals surface area (Å²) < 4.78 is 8.36. The van der Waals surface area contributed by atoms with E-state index >= 15 is 0 Å². The lowest BCUT2D eigenvalue weighted by molar-refractivity contribution is 0.0754. The summed E-state index contributed by atoms with van der Waals surface area (Å²) >= 11 is 3.49. The van der Waals surface area contributed by atoms with Crippen LogP contribution < -0.4 is 0 Å². The predicted molar refractivity (Wildman–Crippen MR) is 116 cm³/mol. The van der Waals surface area contributed by atoms with E-state index in [9.17, 15) is 4.79 Å². The molecule has 0 unspecified atom stereocenters. The highest BCUT2D eigenvalue weighted by Gasteiger charge is 2.20. The third-order valence-corrected chi connectivity index (χ3v) is 6.73. The molecule has 0 atom stereocenters. The van der Waals surface area contributed by atoms with E-state index in [1.807, 2.05) is 11.0 Å². The van der Waals surface area contributed by atoms with E-state index in [-0.39, 0.29) is 5.91 Å². The van der Waals surface area contributed by atoms with Crippen molar-refractivity contribution < 1.29 is 9.53 Å². The molecule has 150 valence electrons. The number of aromatic nitrogens is 3. The van der Waals surface area contributed by atoms with Crippen LogP contribution in [0.3, 0.4) is 0 Å². The van der Waals surface area contributed by atoms with Crippen LogP contribution in [0.4, 0.5) is 0 Å². The van der Waals surface area contributed by atoms with Gasteiger partial charge in [0.05, 0.1) is 17.5 Å². The molecule has 0 N–H and O–H groups in total. The first kappa shape index (κ1) is 20.6. The lowest BCUT2D eigenvalue weighted by Crippen LogP contribution is -2.32. The molecule has 2 aromatic heterocycles. The summed E-state index contributed by atoms with van der Waals surface area (Å²) in [5.74, 6) is 1.08. The molecule has 2 aromatic rings. The van der Waals surface area contributed by atoms with Crippen LogP contribution in [0, 0.1) is 0 Å². The number of likely N-dealkylation sites (tertiary alicyclic amines) is 1. The van der Waals surface area contributed by atoms with E-state index in [2.05, 4.69) is 44.8 Å². The number of hydrogen-bond acceptors (Lipinski definition) is 4. The van der Waals surface area contributed by atoms with E-state index in [0.29, 0.717) is 19.0 Å². The Hall–Kier alpha value is -1.12. The number of halogens is 1. The highest BCUT2D eigenvalue weighted by Crippen LogP contribution is 2.33. The molecule has 1 aliphatic rings. The highest BCUT2D eigenvalue weighted by atomic mass is 79.9. The van der Waals surface area contributed by atoms with Crippen molar-refractivity contribution in [1.82, 2.24) is 19.7 Å². The molecular weight excluding hydrogens is 428 g/mol. The predicted octanol–water partition coefficient (Wildman–Crippen LogP) is 3.88. The Morgan fingerprint density at radius 2 is 1.93 bits per heavy atom. The topological polar surface area (TPSA) is 60.2 Å². The minimum atomic E-state index is -0.573. The molecule has 3 heterocycles. The van der Waals surface area contributed by atoms with Crippen LogP contribution in [0.25, 0.3) is 10.9 Å². The molecule has 27 heavy (non-hydrogen) atoms. The zero-order valence-corrected chi connectivity index (χ0v) is 18.8. The summed E-state index contributed by atoms with van der Waals surface area (Å²) in [6.45, 7) is 2.72. The van der Waals surface area contributed by atoms with Crippen LogP contribution in [-0.2, 0) is 11.5 Å². The van der Waals surface area contributed by atoms with Crippen molar-refractivity contribution in [3.8, 4) is 0 Å². The fourth-order valence-electron chi connectivity index (χ4n) is 3.14. The molecule has 0 aromatic carbocycles. The fraction of sp³-hybridized carbons (Fsp3) is 0.632. The first-order valence-corrected chi connectivity index (χ1v) is 13.2. The van der Waals surface area contributed by atoms with Gasteiger partial charge in [-0.15, -0.1) is 0 Å². The van der Waals surface area contributed by atoms with Crippen LogP contribution in [0.15, 0.2) is 16.9 Å². The second-order valence-corrected chi connectivity index (χ2v) is 13.3. The van der Waals surface area contributed by atoms with Crippen LogP contribution in [0.1, 0.15) is 36.2 Å². The maximum Gasteiger partial charge on any atom is 0.272 e. The molecule has 0 saturated carbocycles. The largest absolute Gasteiger partial charge is 0.358 e. The zero-order valence-electron chi connectivity index (χ0n) is 16.4. The van der Waals surface area contributed by atoms with Crippen LogP contribution in [0.2, 0.25) is 0 Å². The Kier molecular flexibility index (Phi) is 6.81. The minimum Gasteiger partial charge on any atom is -0.358 e. The quantitative estimate of drug-likeness (QED) is 0.618. The molecule has 0 radical (unpaired) electrons. The van der Waals surface area contributed by atoms with Crippen LogP contribution >= 0.6 is 26.0 Å². The molecule has 6 nitrogen and oxygen atoms in total. The minimum absolute atomic E-state index is 0.0138. The summed E-state index contributed by atoms with van der Waals surface area (Å²) in [4.78, 5) is 19.2. The van der Waals surface area contributed by atoms with Gasteiger partial charge < -0.3 is 9.64 Å². The van der Waals surface area contributed by atoms with Crippen molar-refractivity contribution in [2.75, 3.05) is 44.2 Å². The number of fused-ring (bicyclic) bond motifs is 1. The molecule has 3 rings (SSSR count). The number of amides is 1. The maximum atomic E-state index is 12.9. The van der Waals surface area contributed by atoms with Gasteiger partial charge in [0.1, 0.15) is 17.0 Å². The van der Waals surface area contributed by atoms with Gasteiger partial charge in [-0.1, -0.05) is 12.8 Å². The maximum absolute atomic E-state index is 12.9. The summed E-state index contributed by atoms with van der Waals surface area (Å²) in [7, 11) is -0.573. The molecule has 1 amide bonds. The van der Waals surface area contributed by atoms with Gasteiger partial charge in [0.25, 0.3) is 5.91 Å². The number of carbonyl (C=O) groups is 1. The van der Waals surface area contributed by atoms with Crippen molar-refractivity contribution in [2.45, 2.75) is 32.4 Å². The summed E-state index contributed by atoms with van der Waals surface area (Å²) in [5, 5.41) is 5.40. The molecule has 0 spiro atoms. The van der Waals surface area contributed by atoms with E-state index in [0.717, 1.165) is 47.2 Å². The second kappa shape index (κ2) is 8.92. The lowest BCUT2D eigenvalue weighted by Gasteiger charge is -2.24. The van der Waals surface area contributed by atoms with Crippen LogP contribution in [-0.4, -0.2) is 69.8 Å². The third kappa shape index (κ3) is 5.45. The van der Waals surface area contributed by atoms with E-state index in [1.54, 1.807) is 10.9 Å². The van der Waals surface area contributed by atoms with Crippen molar-refractivity contribution in [1.29, 1.82) is 0 Å². The molecule has 0 bridgehead atoms. The average Bonchev–Trinajstić information content (AvgIpc) is 2.80. The van der Waals surface area contributed by atoms with Crippen molar-refractivity contribution >= 4 is 42.8 Å². The van der Waals surface area contributed by atoms with Gasteiger partial charge in [0.2, 0.25) is 0 Å². The van der Waals surface area contributed by atoms with Crippen molar-refractivity contribution in [3.63, 3.8) is 0 Å². The number of ether oxygens (including phenoxy) is 1. The molecule has 0 aliphatic carbocycles. The van der Waals surface area contributed by atoms with Crippen molar-refractivity contribution in [2.24, 2.45) is 0 Å². The molecule has 1 aliphatic heterocycles. The van der Waals surface area contributed by atoms with Crippen molar-refractivity contribution in [3.05, 3.63) is 22.6 Å². The van der Waals surface area contributed by atoms with E-state index < -0.39 is 10.0 Å². The van der Waals surface area contributed by atoms with Gasteiger partial charge in [-0.25, -0.2) is 14.7 Å². The SMILES string of the molecule is CS(C)(C)CCOCn1nc(Br)c2cnc(C(=O)N3CCCCCC3)cc21. The van der Waals surface area contributed by atoms with E-state index in [1.165, 1.54) is 12.8 Å². The number of nitrogens with zero attached hydrogens (tertiary/aromatic N) is 4. The molecule has 1 fully saturated rings. The zero-order chi connectivity index (χ0) is 19.4. The van der Waals surface area contributed by atoms with Gasteiger partial charge in [0, 0.05) is 25.0 Å². The van der Waals surface area contributed by atoms with Gasteiger partial charge in [-0.05, 0) is 53.6 Å². The highest BCUT2D eigenvalue weighted by molar-refractivity contribution is 9.10. The van der Waals surface area contributed by atoms with Gasteiger partial charge in [-0.2, -0.15) is 5.10 Å². The third-order valence-electron chi connectivity index (χ3n) is 4.76. The summed E-state index contributed by atoms with van der Waals surface area (Å²) in [5.41, 5.74) is 1.36. The van der Waals surface area contributed by atoms with Gasteiger partial charge in [-0.3, -0.25) is 9.78 Å². The number of pyridine rings is 1. The normalized spacial score (nSPS) is 16.5. The Balaban J connectivity index is 1.76. The average molecular weight is 457 g/mol. The molecule has 1 saturated heterocycles. The first-order chi connectivity index (χ1) is 12.8. The number of hydrogen-bond donors (Lipinski definition) is 0. The lowest BCUT2D eigenvalue weighted by atomic mass is 10.2. The Labute approximate surface area is 171 Å². The Morgan fingerprint density at radius 3 is 2.59 bits per heavy atom. The fourth-order valence-corrected chi connectivity index (χ4v) is 4.26. The first-order valence-electron chi connectivity index (χ1n) is 9.40. The van der Waals surface area contributed by atoms with Crippen LogP contribution in [0.5, 0.6) is 0 Å². The second-order valence-electron chi connectivity index (χ2n) is 7.92. The Bertz CT molecular complexity index is 795. The van der Waals surface area contributed by atoms with Gasteiger partial charge >= 0.3 is 0 Å². The van der Waals surface area contributed by atoms with Gasteiger partial charge in [0.15, 0.2) is 0 Å².